The van der Waals surface area contributed by atoms with Gasteiger partial charge in [-0.05, 0) is 37.7 Å². The average molecular weight is 208 g/mol. The van der Waals surface area contributed by atoms with Crippen LogP contribution in [0.25, 0.3) is 0 Å². The van der Waals surface area contributed by atoms with Gasteiger partial charge >= 0.3 is 0 Å². The van der Waals surface area contributed by atoms with Crippen LogP contribution in [0.15, 0.2) is 24.5 Å². The van der Waals surface area contributed by atoms with E-state index in [0.29, 0.717) is 11.7 Å². The molecule has 0 bridgehead atoms. The van der Waals surface area contributed by atoms with E-state index in [9.17, 15) is 10.2 Å². The summed E-state index contributed by atoms with van der Waals surface area (Å²) in [5.74, 6) is 0.943. The Hall–Kier alpha value is -0.760. The second-order valence-corrected chi connectivity index (χ2v) is 4.97. The van der Waals surface area contributed by atoms with Gasteiger partial charge in [-0.25, -0.2) is 0 Å². The minimum atomic E-state index is -0.224. The minimum absolute atomic E-state index is 0.0355. The first kappa shape index (κ1) is 10.7. The first-order valence-corrected chi connectivity index (χ1v) is 5.86. The molecular formula is C13H20O2. The predicted octanol–water partition coefficient (Wildman–Crippen LogP) is 2.95. The van der Waals surface area contributed by atoms with Gasteiger partial charge in [0.05, 0.1) is 11.9 Å². The molecule has 0 saturated heterocycles. The summed E-state index contributed by atoms with van der Waals surface area (Å²) in [6.07, 6.45) is 9.09. The van der Waals surface area contributed by atoms with Crippen molar-refractivity contribution in [2.24, 2.45) is 11.3 Å². The first-order valence-electron chi connectivity index (χ1n) is 5.86. The summed E-state index contributed by atoms with van der Waals surface area (Å²) in [6.45, 7) is 3.80. The van der Waals surface area contributed by atoms with Gasteiger partial charge in [0, 0.05) is 11.8 Å². The van der Waals surface area contributed by atoms with Gasteiger partial charge in [-0.15, -0.1) is 6.58 Å². The predicted molar refractivity (Wildman–Crippen MR) is 60.5 cm³/mol. The van der Waals surface area contributed by atoms with Gasteiger partial charge in [0.1, 0.15) is 0 Å². The summed E-state index contributed by atoms with van der Waals surface area (Å²) in [7, 11) is 0. The Balaban J connectivity index is 2.28. The maximum Gasteiger partial charge on any atom is 0.0886 e. The molecule has 3 atom stereocenters. The molecule has 0 aliphatic heterocycles. The smallest absolute Gasteiger partial charge is 0.0886 e. The molecule has 0 spiro atoms. The molecule has 1 fully saturated rings. The summed E-state index contributed by atoms with van der Waals surface area (Å²) in [5.41, 5.74) is -0.0355. The van der Waals surface area contributed by atoms with E-state index in [1.165, 1.54) is 0 Å². The van der Waals surface area contributed by atoms with Crippen LogP contribution in [0.1, 0.15) is 38.5 Å². The van der Waals surface area contributed by atoms with Gasteiger partial charge in [-0.2, -0.15) is 0 Å². The number of aliphatic hydroxyl groups excluding tert-OH is 2. The zero-order valence-corrected chi connectivity index (χ0v) is 9.15. The lowest BCUT2D eigenvalue weighted by Crippen LogP contribution is -2.46. The second kappa shape index (κ2) is 4.01. The number of fused-ring (bicyclic) bond motifs is 1. The van der Waals surface area contributed by atoms with Crippen LogP contribution >= 0.6 is 0 Å². The molecule has 0 unspecified atom stereocenters. The topological polar surface area (TPSA) is 40.5 Å². The van der Waals surface area contributed by atoms with Crippen LogP contribution in [-0.2, 0) is 0 Å². The maximum atomic E-state index is 10.2. The average Bonchev–Trinajstić information content (AvgIpc) is 2.21. The first-order chi connectivity index (χ1) is 7.19. The van der Waals surface area contributed by atoms with Crippen molar-refractivity contribution in [1.82, 2.24) is 0 Å². The highest BCUT2D eigenvalue weighted by Gasteiger charge is 2.47. The van der Waals surface area contributed by atoms with Crippen molar-refractivity contribution >= 4 is 0 Å². The molecule has 2 heteroatoms. The fourth-order valence-corrected chi connectivity index (χ4v) is 3.31. The Bertz CT molecular complexity index is 282. The van der Waals surface area contributed by atoms with Gasteiger partial charge in [-0.3, -0.25) is 0 Å². The van der Waals surface area contributed by atoms with Crippen LogP contribution in [0.2, 0.25) is 0 Å². The van der Waals surface area contributed by atoms with Crippen molar-refractivity contribution < 1.29 is 10.2 Å². The van der Waals surface area contributed by atoms with Crippen molar-refractivity contribution in [3.8, 4) is 0 Å². The van der Waals surface area contributed by atoms with E-state index >= 15 is 0 Å². The summed E-state index contributed by atoms with van der Waals surface area (Å²) in [6, 6.07) is 0. The molecule has 0 heterocycles. The van der Waals surface area contributed by atoms with Crippen LogP contribution in [0.4, 0.5) is 0 Å². The molecule has 2 N–H and O–H groups in total. The fourth-order valence-electron chi connectivity index (χ4n) is 3.31. The standard InChI is InChI=1S/C13H20O2/c1-2-7-13-8-6-11(14)9-10(13)4-3-5-12(13)15/h2,6,10,12,14-15H,1,3-5,7-9H2/t10-,12-,13-/m1/s1. The zero-order valence-electron chi connectivity index (χ0n) is 9.15. The van der Waals surface area contributed by atoms with Gasteiger partial charge in [0.2, 0.25) is 0 Å². The maximum absolute atomic E-state index is 10.2. The van der Waals surface area contributed by atoms with E-state index in [0.717, 1.165) is 38.5 Å². The number of allylic oxidation sites excluding steroid dienone is 3. The lowest BCUT2D eigenvalue weighted by atomic mass is 9.58. The molecule has 0 radical (unpaired) electrons. The van der Waals surface area contributed by atoms with Crippen molar-refractivity contribution in [3.05, 3.63) is 24.5 Å². The Morgan fingerprint density at radius 2 is 2.33 bits per heavy atom. The van der Waals surface area contributed by atoms with E-state index in [-0.39, 0.29) is 11.5 Å². The van der Waals surface area contributed by atoms with Crippen molar-refractivity contribution in [1.29, 1.82) is 0 Å². The highest BCUT2D eigenvalue weighted by atomic mass is 16.3. The molecular weight excluding hydrogens is 188 g/mol. The third-order valence-electron chi connectivity index (χ3n) is 4.20. The minimum Gasteiger partial charge on any atom is -0.513 e. The normalized spacial score (nSPS) is 40.5. The summed E-state index contributed by atoms with van der Waals surface area (Å²) in [4.78, 5) is 0. The van der Waals surface area contributed by atoms with Crippen LogP contribution < -0.4 is 0 Å². The Morgan fingerprint density at radius 1 is 1.53 bits per heavy atom. The third-order valence-corrected chi connectivity index (χ3v) is 4.20. The second-order valence-electron chi connectivity index (χ2n) is 4.97. The van der Waals surface area contributed by atoms with E-state index in [1.807, 2.05) is 12.2 Å². The Kier molecular flexibility index (Phi) is 2.87. The molecule has 2 aliphatic rings. The van der Waals surface area contributed by atoms with E-state index in [2.05, 4.69) is 6.58 Å². The summed E-state index contributed by atoms with van der Waals surface area (Å²) in [5, 5.41) is 19.8. The monoisotopic (exact) mass is 208 g/mol. The number of hydrogen-bond acceptors (Lipinski definition) is 2. The van der Waals surface area contributed by atoms with Gasteiger partial charge in [-0.1, -0.05) is 12.5 Å². The van der Waals surface area contributed by atoms with E-state index in [4.69, 9.17) is 0 Å². The third kappa shape index (κ3) is 1.71. The van der Waals surface area contributed by atoms with Crippen molar-refractivity contribution in [2.75, 3.05) is 0 Å². The van der Waals surface area contributed by atoms with Crippen molar-refractivity contribution in [3.63, 3.8) is 0 Å². The van der Waals surface area contributed by atoms with Crippen LogP contribution in [0.5, 0.6) is 0 Å². The van der Waals surface area contributed by atoms with Crippen molar-refractivity contribution in [2.45, 2.75) is 44.6 Å². The van der Waals surface area contributed by atoms with Gasteiger partial charge in [0.25, 0.3) is 0 Å². The van der Waals surface area contributed by atoms with Gasteiger partial charge < -0.3 is 10.2 Å². The number of rotatable bonds is 2. The molecule has 0 aromatic heterocycles. The highest BCUT2D eigenvalue weighted by molar-refractivity contribution is 5.11. The lowest BCUT2D eigenvalue weighted by Gasteiger charge is -2.49. The molecule has 0 aromatic rings. The molecule has 0 aromatic carbocycles. The number of hydrogen-bond donors (Lipinski definition) is 2. The van der Waals surface area contributed by atoms with Crippen LogP contribution in [0, 0.1) is 11.3 Å². The molecule has 2 rings (SSSR count). The van der Waals surface area contributed by atoms with Crippen LogP contribution in [-0.4, -0.2) is 16.3 Å². The van der Waals surface area contributed by atoms with Crippen LogP contribution in [0.3, 0.4) is 0 Å². The van der Waals surface area contributed by atoms with E-state index in [1.54, 1.807) is 0 Å². The van der Waals surface area contributed by atoms with E-state index < -0.39 is 0 Å². The summed E-state index contributed by atoms with van der Waals surface area (Å²) < 4.78 is 0. The summed E-state index contributed by atoms with van der Waals surface area (Å²) >= 11 is 0. The molecule has 2 aliphatic carbocycles. The molecule has 0 amide bonds. The SMILES string of the molecule is C=CC[C@@]12CC=C(O)C[C@H]1CCC[C@H]2O. The Morgan fingerprint density at radius 3 is 3.07 bits per heavy atom. The molecule has 84 valence electrons. The Labute approximate surface area is 91.3 Å². The molecule has 1 saturated carbocycles. The fraction of sp³-hybridized carbons (Fsp3) is 0.692. The molecule has 15 heavy (non-hydrogen) atoms. The largest absolute Gasteiger partial charge is 0.513 e. The quantitative estimate of drug-likeness (QED) is 0.685. The highest BCUT2D eigenvalue weighted by Crippen LogP contribution is 2.51. The lowest BCUT2D eigenvalue weighted by molar-refractivity contribution is -0.0598. The zero-order chi connectivity index (χ0) is 10.9. The number of aliphatic hydroxyl groups is 2. The molecule has 2 nitrogen and oxygen atoms in total. The van der Waals surface area contributed by atoms with Gasteiger partial charge in [0.15, 0.2) is 0 Å².